The fourth-order valence-electron chi connectivity index (χ4n) is 3.09. The molecule has 0 spiro atoms. The van der Waals surface area contributed by atoms with Crippen molar-refractivity contribution in [1.29, 1.82) is 0 Å². The van der Waals surface area contributed by atoms with Crippen molar-refractivity contribution in [3.8, 4) is 0 Å². The maximum absolute atomic E-state index is 6.42. The third kappa shape index (κ3) is 2.25. The molecule has 2 aromatic rings. The fourth-order valence-corrected chi connectivity index (χ4v) is 3.43. The molecule has 0 aliphatic carbocycles. The Morgan fingerprint density at radius 3 is 2.70 bits per heavy atom. The first kappa shape index (κ1) is 13.7. The van der Waals surface area contributed by atoms with Gasteiger partial charge in [-0.1, -0.05) is 29.8 Å². The first-order valence-electron chi connectivity index (χ1n) is 7.14. The van der Waals surface area contributed by atoms with Crippen LogP contribution in [-0.2, 0) is 18.4 Å². The van der Waals surface area contributed by atoms with Gasteiger partial charge in [0, 0.05) is 42.2 Å². The van der Waals surface area contributed by atoms with E-state index in [1.807, 2.05) is 12.1 Å². The van der Waals surface area contributed by atoms with Crippen LogP contribution in [0.2, 0.25) is 5.02 Å². The molecule has 0 atom stereocenters. The molecular formula is C16H20ClN3. The van der Waals surface area contributed by atoms with Crippen molar-refractivity contribution < 1.29 is 0 Å². The Labute approximate surface area is 124 Å². The van der Waals surface area contributed by atoms with Gasteiger partial charge in [-0.25, -0.2) is 0 Å². The number of aryl methyl sites for hydroxylation is 2. The Balaban J connectivity index is 1.96. The van der Waals surface area contributed by atoms with E-state index in [2.05, 4.69) is 47.1 Å². The zero-order valence-electron chi connectivity index (χ0n) is 12.0. The Hall–Kier alpha value is -1.32. The number of halogens is 1. The number of hydrogen-bond acceptors (Lipinski definition) is 2. The van der Waals surface area contributed by atoms with Crippen molar-refractivity contribution in [2.75, 3.05) is 13.1 Å². The highest BCUT2D eigenvalue weighted by molar-refractivity contribution is 6.31. The standard InChI is InChI=1S/C16H20ClN3/c1-3-20-13(8-12(2)19-20)9-16(10-18-11-16)14-6-4-5-7-15(14)17/h4-8,18H,3,9-11H2,1-2H3. The third-order valence-corrected chi connectivity index (χ3v) is 4.51. The number of benzene rings is 1. The molecule has 1 fully saturated rings. The molecule has 0 amide bonds. The van der Waals surface area contributed by atoms with E-state index < -0.39 is 0 Å². The predicted molar refractivity (Wildman–Crippen MR) is 82.3 cm³/mol. The highest BCUT2D eigenvalue weighted by Crippen LogP contribution is 2.36. The van der Waals surface area contributed by atoms with Gasteiger partial charge >= 0.3 is 0 Å². The molecule has 106 valence electrons. The fraction of sp³-hybridized carbons (Fsp3) is 0.438. The molecule has 1 saturated heterocycles. The van der Waals surface area contributed by atoms with Crippen molar-refractivity contribution in [2.45, 2.75) is 32.2 Å². The number of hydrogen-bond donors (Lipinski definition) is 1. The van der Waals surface area contributed by atoms with Crippen molar-refractivity contribution in [1.82, 2.24) is 15.1 Å². The first-order chi connectivity index (χ1) is 9.64. The maximum atomic E-state index is 6.42. The van der Waals surface area contributed by atoms with E-state index in [1.54, 1.807) is 0 Å². The van der Waals surface area contributed by atoms with Crippen molar-refractivity contribution >= 4 is 11.6 Å². The monoisotopic (exact) mass is 289 g/mol. The van der Waals surface area contributed by atoms with E-state index in [4.69, 9.17) is 11.6 Å². The lowest BCUT2D eigenvalue weighted by molar-refractivity contribution is 0.269. The highest BCUT2D eigenvalue weighted by atomic mass is 35.5. The minimum atomic E-state index is 0.109. The summed E-state index contributed by atoms with van der Waals surface area (Å²) in [7, 11) is 0. The van der Waals surface area contributed by atoms with E-state index in [0.717, 1.165) is 36.8 Å². The molecule has 1 aromatic heterocycles. The Morgan fingerprint density at radius 2 is 2.10 bits per heavy atom. The molecule has 1 N–H and O–H groups in total. The van der Waals surface area contributed by atoms with Gasteiger partial charge in [-0.3, -0.25) is 4.68 Å². The van der Waals surface area contributed by atoms with Crippen LogP contribution < -0.4 is 5.32 Å². The summed E-state index contributed by atoms with van der Waals surface area (Å²) in [5, 5.41) is 8.82. The van der Waals surface area contributed by atoms with Crippen LogP contribution in [0.1, 0.15) is 23.9 Å². The lowest BCUT2D eigenvalue weighted by atomic mass is 9.72. The quantitative estimate of drug-likeness (QED) is 0.938. The van der Waals surface area contributed by atoms with Crippen LogP contribution in [0.4, 0.5) is 0 Å². The lowest BCUT2D eigenvalue weighted by Crippen LogP contribution is -2.58. The Morgan fingerprint density at radius 1 is 1.35 bits per heavy atom. The molecular weight excluding hydrogens is 270 g/mol. The summed E-state index contributed by atoms with van der Waals surface area (Å²) in [6, 6.07) is 10.4. The molecule has 1 aromatic carbocycles. The summed E-state index contributed by atoms with van der Waals surface area (Å²) in [6.45, 7) is 7.05. The van der Waals surface area contributed by atoms with E-state index in [-0.39, 0.29) is 5.41 Å². The van der Waals surface area contributed by atoms with Crippen LogP contribution in [-0.4, -0.2) is 22.9 Å². The van der Waals surface area contributed by atoms with Gasteiger partial charge in [0.05, 0.1) is 5.69 Å². The molecule has 20 heavy (non-hydrogen) atoms. The van der Waals surface area contributed by atoms with E-state index in [9.17, 15) is 0 Å². The average molecular weight is 290 g/mol. The minimum Gasteiger partial charge on any atom is -0.315 e. The van der Waals surface area contributed by atoms with Crippen LogP contribution in [0.25, 0.3) is 0 Å². The van der Waals surface area contributed by atoms with Crippen LogP contribution in [0.5, 0.6) is 0 Å². The van der Waals surface area contributed by atoms with Crippen molar-refractivity contribution in [3.05, 3.63) is 52.3 Å². The van der Waals surface area contributed by atoms with Crippen LogP contribution in [0, 0.1) is 6.92 Å². The van der Waals surface area contributed by atoms with E-state index in [0.29, 0.717) is 0 Å². The normalized spacial score (nSPS) is 16.9. The summed E-state index contributed by atoms with van der Waals surface area (Å²) in [4.78, 5) is 0. The van der Waals surface area contributed by atoms with Crippen molar-refractivity contribution in [3.63, 3.8) is 0 Å². The van der Waals surface area contributed by atoms with Gasteiger partial charge in [-0.15, -0.1) is 0 Å². The summed E-state index contributed by atoms with van der Waals surface area (Å²) in [5.41, 5.74) is 3.74. The smallest absolute Gasteiger partial charge is 0.0596 e. The SMILES string of the molecule is CCn1nc(C)cc1CC1(c2ccccc2Cl)CNC1. The number of nitrogens with zero attached hydrogens (tertiary/aromatic N) is 2. The number of nitrogens with one attached hydrogen (secondary N) is 1. The van der Waals surface area contributed by atoms with Gasteiger partial charge in [0.15, 0.2) is 0 Å². The van der Waals surface area contributed by atoms with Gasteiger partial charge in [-0.2, -0.15) is 5.10 Å². The third-order valence-electron chi connectivity index (χ3n) is 4.18. The van der Waals surface area contributed by atoms with Crippen LogP contribution >= 0.6 is 11.6 Å². The molecule has 0 radical (unpaired) electrons. The van der Waals surface area contributed by atoms with E-state index >= 15 is 0 Å². The molecule has 4 heteroatoms. The Bertz CT molecular complexity index is 614. The summed E-state index contributed by atoms with van der Waals surface area (Å²) < 4.78 is 2.10. The average Bonchev–Trinajstić information content (AvgIpc) is 2.75. The largest absolute Gasteiger partial charge is 0.315 e. The maximum Gasteiger partial charge on any atom is 0.0596 e. The number of rotatable bonds is 4. The van der Waals surface area contributed by atoms with Gasteiger partial charge < -0.3 is 5.32 Å². The molecule has 0 bridgehead atoms. The zero-order valence-corrected chi connectivity index (χ0v) is 12.7. The highest BCUT2D eigenvalue weighted by Gasteiger charge is 2.40. The lowest BCUT2D eigenvalue weighted by Gasteiger charge is -2.43. The van der Waals surface area contributed by atoms with Gasteiger partial charge in [0.2, 0.25) is 0 Å². The summed E-state index contributed by atoms with van der Waals surface area (Å²) in [5.74, 6) is 0. The number of aromatic nitrogens is 2. The molecule has 2 heterocycles. The zero-order chi connectivity index (χ0) is 14.2. The molecule has 3 nitrogen and oxygen atoms in total. The van der Waals surface area contributed by atoms with Gasteiger partial charge in [-0.05, 0) is 31.5 Å². The van der Waals surface area contributed by atoms with Gasteiger partial charge in [0.25, 0.3) is 0 Å². The summed E-state index contributed by atoms with van der Waals surface area (Å²) >= 11 is 6.42. The molecule has 0 unspecified atom stereocenters. The van der Waals surface area contributed by atoms with Gasteiger partial charge in [0.1, 0.15) is 0 Å². The minimum absolute atomic E-state index is 0.109. The topological polar surface area (TPSA) is 29.9 Å². The molecule has 1 aliphatic heterocycles. The van der Waals surface area contributed by atoms with E-state index in [1.165, 1.54) is 11.3 Å². The summed E-state index contributed by atoms with van der Waals surface area (Å²) in [6.07, 6.45) is 0.985. The van der Waals surface area contributed by atoms with Crippen LogP contribution in [0.3, 0.4) is 0 Å². The second-order valence-electron chi connectivity index (χ2n) is 5.63. The predicted octanol–water partition coefficient (Wildman–Crippen LogP) is 2.95. The van der Waals surface area contributed by atoms with Crippen LogP contribution in [0.15, 0.2) is 30.3 Å². The second-order valence-corrected chi connectivity index (χ2v) is 6.04. The molecule has 0 saturated carbocycles. The Kier molecular flexibility index (Phi) is 3.57. The molecule has 1 aliphatic rings. The second kappa shape index (κ2) is 5.23. The van der Waals surface area contributed by atoms with Crippen molar-refractivity contribution in [2.24, 2.45) is 0 Å². The first-order valence-corrected chi connectivity index (χ1v) is 7.51. The molecule has 3 rings (SSSR count).